The van der Waals surface area contributed by atoms with E-state index < -0.39 is 45.5 Å². The van der Waals surface area contributed by atoms with Gasteiger partial charge < -0.3 is 4.74 Å². The van der Waals surface area contributed by atoms with Gasteiger partial charge in [-0.1, -0.05) is 13.8 Å². The number of ether oxygens (including phenoxy) is 1. The quantitative estimate of drug-likeness (QED) is 0.411. The van der Waals surface area contributed by atoms with E-state index in [1.165, 1.54) is 0 Å². The van der Waals surface area contributed by atoms with Crippen molar-refractivity contribution in [3.63, 3.8) is 0 Å². The molecule has 0 aliphatic carbocycles. The molecule has 0 aliphatic heterocycles. The zero-order valence-electron chi connectivity index (χ0n) is 9.31. The highest BCUT2D eigenvalue weighted by Crippen LogP contribution is 2.19. The van der Waals surface area contributed by atoms with Gasteiger partial charge in [-0.25, -0.2) is 4.39 Å². The van der Waals surface area contributed by atoms with E-state index in [-0.39, 0.29) is 4.70 Å². The average Bonchev–Trinajstić information content (AvgIpc) is 2.11. The minimum absolute atomic E-state index is 0. The largest absolute Gasteiger partial charge is 0.476 e. The molecule has 0 saturated carbocycles. The predicted octanol–water partition coefficient (Wildman–Crippen LogP) is 1.74. The lowest BCUT2D eigenvalue weighted by Gasteiger charge is -2.18. The first kappa shape index (κ1) is 24.1. The van der Waals surface area contributed by atoms with Crippen molar-refractivity contribution in [1.82, 2.24) is 0 Å². The van der Waals surface area contributed by atoms with Gasteiger partial charge >= 0.3 is 26.9 Å². The third-order valence-corrected chi connectivity index (χ3v) is 1.83. The second kappa shape index (κ2) is 9.12. The van der Waals surface area contributed by atoms with Crippen LogP contribution in [0.15, 0.2) is 12.7 Å². The van der Waals surface area contributed by atoms with Gasteiger partial charge in [0.1, 0.15) is 5.75 Å². The molecule has 124 valence electrons. The van der Waals surface area contributed by atoms with Gasteiger partial charge in [0.2, 0.25) is 0 Å². The minimum Gasteiger partial charge on any atom is -0.310 e. The van der Waals surface area contributed by atoms with Crippen LogP contribution >= 0.6 is 0 Å². The highest BCUT2D eigenvalue weighted by Gasteiger charge is 2.34. The Bertz CT molecular complexity index is 466. The van der Waals surface area contributed by atoms with Crippen molar-refractivity contribution in [2.24, 2.45) is 0 Å². The van der Waals surface area contributed by atoms with Gasteiger partial charge in [0, 0.05) is 0 Å². The maximum atomic E-state index is 12.2. The van der Waals surface area contributed by atoms with Crippen molar-refractivity contribution >= 4 is 20.8 Å². The Morgan fingerprint density at radius 1 is 1.15 bits per heavy atom. The molecule has 0 fully saturated rings. The Morgan fingerprint density at radius 2 is 1.50 bits per heavy atom. The molecule has 0 aromatic carbocycles. The van der Waals surface area contributed by atoms with E-state index in [1.54, 1.807) is 0 Å². The van der Waals surface area contributed by atoms with Crippen LogP contribution in [0.2, 0.25) is 0 Å². The number of alkyl halides is 3. The maximum absolute atomic E-state index is 12.2. The zero-order chi connectivity index (χ0) is 15.9. The van der Waals surface area contributed by atoms with E-state index in [2.05, 4.69) is 11.3 Å². The molecule has 0 amide bonds. The molecule has 0 bridgehead atoms. The van der Waals surface area contributed by atoms with Crippen LogP contribution in [0, 0.1) is 0 Å². The standard InChI is InChI=1S/C6H8F4O3S.F2O2S.FH/c1-2-5(3-14(10,11)12)13-6(8,9)4-7;1-5(2,3)4;/h2,5H,1,3-4H2;;1H. The number of hydrogen-bond donors (Lipinski definition) is 0. The van der Waals surface area contributed by atoms with Crippen LogP contribution < -0.4 is 0 Å². The molecule has 0 saturated heterocycles. The maximum Gasteiger partial charge on any atom is 0.476 e. The Labute approximate surface area is 110 Å². The zero-order valence-corrected chi connectivity index (χ0v) is 10.9. The summed E-state index contributed by atoms with van der Waals surface area (Å²) in [5.41, 5.74) is 0. The first-order chi connectivity index (χ1) is 8.20. The Hall–Kier alpha value is -0.890. The number of rotatable bonds is 6. The third kappa shape index (κ3) is 22.3. The molecule has 0 heterocycles. The summed E-state index contributed by atoms with van der Waals surface area (Å²) in [5.74, 6) is -1.31. The molecule has 0 N–H and O–H groups in total. The first-order valence-corrected chi connectivity index (χ1v) is 6.84. The summed E-state index contributed by atoms with van der Waals surface area (Å²) in [5, 5.41) is 0. The van der Waals surface area contributed by atoms with E-state index in [1.807, 2.05) is 0 Å². The average molecular weight is 358 g/mol. The number of halogens is 7. The molecule has 0 aromatic heterocycles. The molecule has 0 spiro atoms. The summed E-state index contributed by atoms with van der Waals surface area (Å²) < 4.78 is 108. The molecule has 0 radical (unpaired) electrons. The molecule has 20 heavy (non-hydrogen) atoms. The molecule has 1 atom stereocenters. The third-order valence-electron chi connectivity index (χ3n) is 1.11. The highest BCUT2D eigenvalue weighted by molar-refractivity contribution is 7.86. The summed E-state index contributed by atoms with van der Waals surface area (Å²) >= 11 is 0. The van der Waals surface area contributed by atoms with Crippen molar-refractivity contribution in [2.45, 2.75) is 12.2 Å². The summed E-state index contributed by atoms with van der Waals surface area (Å²) in [6.45, 7) is 0.830. The summed E-state index contributed by atoms with van der Waals surface area (Å²) in [7, 11) is -10.6. The molecular weight excluding hydrogens is 349 g/mol. The van der Waals surface area contributed by atoms with Crippen LogP contribution in [-0.2, 0) is 25.6 Å². The molecular formula is C6H9F7O5S2. The van der Waals surface area contributed by atoms with Crippen molar-refractivity contribution in [2.75, 3.05) is 12.4 Å². The fourth-order valence-electron chi connectivity index (χ4n) is 0.599. The van der Waals surface area contributed by atoms with E-state index in [0.29, 0.717) is 6.08 Å². The summed E-state index contributed by atoms with van der Waals surface area (Å²) in [6, 6.07) is 0. The van der Waals surface area contributed by atoms with Crippen LogP contribution in [0.4, 0.5) is 29.5 Å². The summed E-state index contributed by atoms with van der Waals surface area (Å²) in [4.78, 5) is 0. The second-order valence-corrected chi connectivity index (χ2v) is 4.91. The second-order valence-electron chi connectivity index (χ2n) is 2.75. The van der Waals surface area contributed by atoms with E-state index >= 15 is 0 Å². The molecule has 14 heteroatoms. The van der Waals surface area contributed by atoms with Crippen LogP contribution in [0.25, 0.3) is 0 Å². The molecule has 1 unspecified atom stereocenters. The molecule has 0 rings (SSSR count). The Kier molecular flexibility index (Phi) is 11.0. The van der Waals surface area contributed by atoms with Crippen LogP contribution in [0.5, 0.6) is 0 Å². The Morgan fingerprint density at radius 3 is 1.70 bits per heavy atom. The monoisotopic (exact) mass is 358 g/mol. The van der Waals surface area contributed by atoms with Crippen LogP contribution in [0.3, 0.4) is 0 Å². The molecule has 0 aromatic rings. The lowest BCUT2D eigenvalue weighted by molar-refractivity contribution is -0.257. The lowest BCUT2D eigenvalue weighted by atomic mass is 10.4. The predicted molar refractivity (Wildman–Crippen MR) is 54.5 cm³/mol. The normalized spacial score (nSPS) is 13.5. The first-order valence-electron chi connectivity index (χ1n) is 4.01. The minimum atomic E-state index is -5.67. The smallest absolute Gasteiger partial charge is 0.310 e. The van der Waals surface area contributed by atoms with E-state index in [0.717, 1.165) is 0 Å². The van der Waals surface area contributed by atoms with Crippen molar-refractivity contribution in [3.8, 4) is 0 Å². The van der Waals surface area contributed by atoms with Gasteiger partial charge in [-0.15, -0.1) is 10.5 Å². The van der Waals surface area contributed by atoms with E-state index in [9.17, 15) is 33.2 Å². The fraction of sp³-hybridized carbons (Fsp3) is 0.667. The van der Waals surface area contributed by atoms with Gasteiger partial charge in [-0.3, -0.25) is 4.70 Å². The van der Waals surface area contributed by atoms with Gasteiger partial charge in [0.15, 0.2) is 6.67 Å². The van der Waals surface area contributed by atoms with E-state index in [4.69, 9.17) is 8.42 Å². The van der Waals surface area contributed by atoms with Crippen molar-refractivity contribution in [1.29, 1.82) is 0 Å². The van der Waals surface area contributed by atoms with Crippen molar-refractivity contribution in [3.05, 3.63) is 12.7 Å². The molecule has 0 aliphatic rings. The number of hydrogen-bond acceptors (Lipinski definition) is 5. The highest BCUT2D eigenvalue weighted by atomic mass is 32.3. The van der Waals surface area contributed by atoms with Crippen molar-refractivity contribution < 1.29 is 51.1 Å². The summed E-state index contributed by atoms with van der Waals surface area (Å²) in [6.07, 6.45) is -5.26. The van der Waals surface area contributed by atoms with Gasteiger partial charge in [-0.05, 0) is 0 Å². The SMILES string of the molecule is C=CC(CS(=O)(=O)F)OC(F)(F)CF.F.O=S(=O)(F)F. The van der Waals surface area contributed by atoms with Gasteiger partial charge in [0.05, 0.1) is 6.10 Å². The fourth-order valence-corrected chi connectivity index (χ4v) is 1.20. The topological polar surface area (TPSA) is 77.5 Å². The lowest BCUT2D eigenvalue weighted by Crippen LogP contribution is -2.32. The van der Waals surface area contributed by atoms with Gasteiger partial charge in [0.25, 0.3) is 0 Å². The Balaban J connectivity index is -0.000000414. The van der Waals surface area contributed by atoms with Crippen LogP contribution in [-0.4, -0.2) is 41.5 Å². The molecule has 5 nitrogen and oxygen atoms in total. The van der Waals surface area contributed by atoms with Gasteiger partial charge in [-0.2, -0.15) is 25.6 Å². The van der Waals surface area contributed by atoms with Crippen LogP contribution in [0.1, 0.15) is 0 Å².